The van der Waals surface area contributed by atoms with E-state index in [4.69, 9.17) is 4.74 Å². The number of Topliss-reactive ketones (excluding diaryl/α,β-unsaturated/α-hetero) is 1. The standard InChI is InChI=1S/C25H25N3O3/c1-31-22-12-6-5-11-21(22)27-24-20(10-7-15-26-24)25(30)28-16-13-19(14-17-28)23(29)18-8-3-2-4-9-18/h2-12,15,19H,13-14,16-17H2,1H3,(H,26,27). The van der Waals surface area contributed by atoms with Crippen molar-refractivity contribution in [1.82, 2.24) is 9.88 Å². The highest BCUT2D eigenvalue weighted by molar-refractivity contribution is 6.00. The van der Waals surface area contributed by atoms with Crippen LogP contribution in [0, 0.1) is 5.92 Å². The molecule has 1 fully saturated rings. The summed E-state index contributed by atoms with van der Waals surface area (Å²) in [6.07, 6.45) is 2.98. The van der Waals surface area contributed by atoms with Gasteiger partial charge in [0.25, 0.3) is 5.91 Å². The number of nitrogens with zero attached hydrogens (tertiary/aromatic N) is 2. The predicted molar refractivity (Wildman–Crippen MR) is 120 cm³/mol. The first-order valence-corrected chi connectivity index (χ1v) is 10.4. The molecule has 1 saturated heterocycles. The fourth-order valence-corrected chi connectivity index (χ4v) is 3.91. The average Bonchev–Trinajstić information content (AvgIpc) is 2.84. The summed E-state index contributed by atoms with van der Waals surface area (Å²) in [4.78, 5) is 32.2. The first-order valence-electron chi connectivity index (χ1n) is 10.4. The number of pyridine rings is 1. The van der Waals surface area contributed by atoms with E-state index in [1.54, 1.807) is 30.3 Å². The Morgan fingerprint density at radius 2 is 1.68 bits per heavy atom. The van der Waals surface area contributed by atoms with Crippen LogP contribution in [0.5, 0.6) is 5.75 Å². The number of anilines is 2. The van der Waals surface area contributed by atoms with Crippen LogP contribution in [0.4, 0.5) is 11.5 Å². The van der Waals surface area contributed by atoms with E-state index in [-0.39, 0.29) is 17.6 Å². The second-order valence-electron chi connectivity index (χ2n) is 7.52. The van der Waals surface area contributed by atoms with E-state index in [9.17, 15) is 9.59 Å². The number of likely N-dealkylation sites (tertiary alicyclic amines) is 1. The molecule has 0 unspecified atom stereocenters. The number of amides is 1. The first-order chi connectivity index (χ1) is 15.2. The third-order valence-electron chi connectivity index (χ3n) is 5.61. The molecule has 0 atom stereocenters. The summed E-state index contributed by atoms with van der Waals surface area (Å²) in [5.41, 5.74) is 1.98. The zero-order valence-corrected chi connectivity index (χ0v) is 17.5. The van der Waals surface area contributed by atoms with E-state index in [0.717, 1.165) is 11.3 Å². The SMILES string of the molecule is COc1ccccc1Nc1ncccc1C(=O)N1CCC(C(=O)c2ccccc2)CC1. The Hall–Kier alpha value is -3.67. The lowest BCUT2D eigenvalue weighted by Gasteiger charge is -2.31. The van der Waals surface area contributed by atoms with Crippen LogP contribution in [-0.2, 0) is 0 Å². The number of carbonyl (C=O) groups excluding carboxylic acids is 2. The quantitative estimate of drug-likeness (QED) is 0.597. The number of para-hydroxylation sites is 2. The molecule has 0 radical (unpaired) electrons. The third-order valence-corrected chi connectivity index (χ3v) is 5.61. The van der Waals surface area contributed by atoms with Gasteiger partial charge in [-0.3, -0.25) is 9.59 Å². The molecule has 1 aliphatic heterocycles. The maximum Gasteiger partial charge on any atom is 0.257 e. The monoisotopic (exact) mass is 415 g/mol. The number of hydrogen-bond acceptors (Lipinski definition) is 5. The summed E-state index contributed by atoms with van der Waals surface area (Å²) in [7, 11) is 1.60. The molecular formula is C25H25N3O3. The number of piperidine rings is 1. The Morgan fingerprint density at radius 3 is 2.42 bits per heavy atom. The fraction of sp³-hybridized carbons (Fsp3) is 0.240. The van der Waals surface area contributed by atoms with E-state index in [2.05, 4.69) is 10.3 Å². The van der Waals surface area contributed by atoms with Crippen molar-refractivity contribution >= 4 is 23.2 Å². The van der Waals surface area contributed by atoms with Gasteiger partial charge < -0.3 is 15.0 Å². The van der Waals surface area contributed by atoms with Gasteiger partial charge in [-0.2, -0.15) is 0 Å². The number of ether oxygens (including phenoxy) is 1. The number of hydrogen-bond donors (Lipinski definition) is 1. The average molecular weight is 415 g/mol. The number of rotatable bonds is 6. The van der Waals surface area contributed by atoms with Crippen molar-refractivity contribution in [2.45, 2.75) is 12.8 Å². The minimum Gasteiger partial charge on any atom is -0.495 e. The summed E-state index contributed by atoms with van der Waals surface area (Å²) in [5, 5.41) is 3.22. The van der Waals surface area contributed by atoms with Crippen molar-refractivity contribution < 1.29 is 14.3 Å². The van der Waals surface area contributed by atoms with Gasteiger partial charge >= 0.3 is 0 Å². The number of ketones is 1. The van der Waals surface area contributed by atoms with Gasteiger partial charge in [-0.25, -0.2) is 4.98 Å². The Kier molecular flexibility index (Phi) is 6.26. The Bertz CT molecular complexity index is 1060. The predicted octanol–water partition coefficient (Wildman–Crippen LogP) is 4.57. The van der Waals surface area contributed by atoms with Gasteiger partial charge in [0.05, 0.1) is 18.4 Å². The first kappa shape index (κ1) is 20.6. The lowest BCUT2D eigenvalue weighted by Crippen LogP contribution is -2.40. The number of carbonyl (C=O) groups is 2. The molecule has 3 aromatic rings. The van der Waals surface area contributed by atoms with Gasteiger partial charge in [-0.05, 0) is 37.1 Å². The maximum absolute atomic E-state index is 13.2. The molecule has 0 bridgehead atoms. The second-order valence-corrected chi connectivity index (χ2v) is 7.52. The van der Waals surface area contributed by atoms with Gasteiger partial charge in [0, 0.05) is 30.8 Å². The molecule has 2 aromatic carbocycles. The summed E-state index contributed by atoms with van der Waals surface area (Å²) < 4.78 is 5.39. The maximum atomic E-state index is 13.2. The zero-order valence-electron chi connectivity index (χ0n) is 17.5. The summed E-state index contributed by atoms with van der Waals surface area (Å²) in [6, 6.07) is 20.4. The van der Waals surface area contributed by atoms with Crippen molar-refractivity contribution in [1.29, 1.82) is 0 Å². The largest absolute Gasteiger partial charge is 0.495 e. The lowest BCUT2D eigenvalue weighted by atomic mass is 9.88. The van der Waals surface area contributed by atoms with Crippen LogP contribution in [0.15, 0.2) is 72.9 Å². The molecule has 6 nitrogen and oxygen atoms in total. The molecule has 1 amide bonds. The molecule has 6 heteroatoms. The Balaban J connectivity index is 1.46. The smallest absolute Gasteiger partial charge is 0.257 e. The fourth-order valence-electron chi connectivity index (χ4n) is 3.91. The van der Waals surface area contributed by atoms with Gasteiger partial charge in [0.2, 0.25) is 0 Å². The topological polar surface area (TPSA) is 71.5 Å². The highest BCUT2D eigenvalue weighted by Gasteiger charge is 2.29. The van der Waals surface area contributed by atoms with E-state index in [1.807, 2.05) is 54.6 Å². The van der Waals surface area contributed by atoms with Crippen molar-refractivity contribution in [3.05, 3.63) is 84.1 Å². The minimum absolute atomic E-state index is 0.0495. The third kappa shape index (κ3) is 4.58. The van der Waals surface area contributed by atoms with E-state index < -0.39 is 0 Å². The van der Waals surface area contributed by atoms with E-state index in [1.165, 1.54) is 0 Å². The highest BCUT2D eigenvalue weighted by atomic mass is 16.5. The molecule has 1 aromatic heterocycles. The molecule has 158 valence electrons. The van der Waals surface area contributed by atoms with Crippen molar-refractivity contribution in [2.75, 3.05) is 25.5 Å². The highest BCUT2D eigenvalue weighted by Crippen LogP contribution is 2.29. The van der Waals surface area contributed by atoms with E-state index in [0.29, 0.717) is 43.1 Å². The Labute approximate surface area is 181 Å². The Morgan fingerprint density at radius 1 is 0.968 bits per heavy atom. The van der Waals surface area contributed by atoms with Gasteiger partial charge in [0.15, 0.2) is 5.78 Å². The van der Waals surface area contributed by atoms with Crippen LogP contribution in [0.3, 0.4) is 0 Å². The van der Waals surface area contributed by atoms with Crippen LogP contribution in [0.25, 0.3) is 0 Å². The number of aromatic nitrogens is 1. The molecule has 31 heavy (non-hydrogen) atoms. The second kappa shape index (κ2) is 9.43. The molecule has 2 heterocycles. The zero-order chi connectivity index (χ0) is 21.6. The van der Waals surface area contributed by atoms with Crippen LogP contribution in [0.1, 0.15) is 33.6 Å². The van der Waals surface area contributed by atoms with Crippen LogP contribution in [-0.4, -0.2) is 41.8 Å². The number of methoxy groups -OCH3 is 1. The molecular weight excluding hydrogens is 390 g/mol. The summed E-state index contributed by atoms with van der Waals surface area (Å²) >= 11 is 0. The molecule has 4 rings (SSSR count). The molecule has 0 aliphatic carbocycles. The van der Waals surface area contributed by atoms with E-state index >= 15 is 0 Å². The van der Waals surface area contributed by atoms with Crippen molar-refractivity contribution in [2.24, 2.45) is 5.92 Å². The normalized spacial score (nSPS) is 14.2. The van der Waals surface area contributed by atoms with Crippen LogP contribution >= 0.6 is 0 Å². The van der Waals surface area contributed by atoms with Gasteiger partial charge in [0.1, 0.15) is 11.6 Å². The molecule has 1 N–H and O–H groups in total. The molecule has 0 spiro atoms. The van der Waals surface area contributed by atoms with Crippen molar-refractivity contribution in [3.63, 3.8) is 0 Å². The molecule has 0 saturated carbocycles. The van der Waals surface area contributed by atoms with Gasteiger partial charge in [-0.1, -0.05) is 42.5 Å². The summed E-state index contributed by atoms with van der Waals surface area (Å²) in [6.45, 7) is 1.09. The minimum atomic E-state index is -0.0869. The summed E-state index contributed by atoms with van der Waals surface area (Å²) in [5.74, 6) is 1.18. The van der Waals surface area contributed by atoms with Gasteiger partial charge in [-0.15, -0.1) is 0 Å². The number of benzene rings is 2. The molecule has 1 aliphatic rings. The lowest BCUT2D eigenvalue weighted by molar-refractivity contribution is 0.0651. The number of nitrogens with one attached hydrogen (secondary N) is 1. The van der Waals surface area contributed by atoms with Crippen LogP contribution < -0.4 is 10.1 Å². The van der Waals surface area contributed by atoms with Crippen LogP contribution in [0.2, 0.25) is 0 Å². The van der Waals surface area contributed by atoms with Crippen molar-refractivity contribution in [3.8, 4) is 5.75 Å².